The summed E-state index contributed by atoms with van der Waals surface area (Å²) in [6.07, 6.45) is -3.97. The van der Waals surface area contributed by atoms with Crippen molar-refractivity contribution in [2.45, 2.75) is 218 Å². The Bertz CT molecular complexity index is 4620. The Balaban J connectivity index is 0.000000614. The van der Waals surface area contributed by atoms with Gasteiger partial charge >= 0.3 is 72.1 Å². The Kier molecular flexibility index (Phi) is 58.6. The van der Waals surface area contributed by atoms with Crippen LogP contribution in [0.5, 0.6) is 5.75 Å². The summed E-state index contributed by atoms with van der Waals surface area (Å²) >= 11 is 17.8. The molecular weight excluding hydrogens is 2160 g/mol. The Hall–Kier alpha value is -11.4. The molecule has 0 aromatic heterocycles. The van der Waals surface area contributed by atoms with Crippen molar-refractivity contribution in [2.75, 3.05) is 39.3 Å². The lowest BCUT2D eigenvalue weighted by molar-refractivity contribution is -0.148. The molecule has 0 bridgehead atoms. The maximum Gasteiger partial charge on any atom is 0.408 e. The van der Waals surface area contributed by atoms with Crippen molar-refractivity contribution in [3.8, 4) is 5.75 Å². The number of ether oxygens (including phenoxy) is 5. The van der Waals surface area contributed by atoms with E-state index in [1.807, 2.05) is 57.3 Å². The summed E-state index contributed by atoms with van der Waals surface area (Å²) in [7, 11) is 0. The molecule has 0 fully saturated rings. The van der Waals surface area contributed by atoms with Gasteiger partial charge in [-0.05, 0) is 287 Å². The smallest absolute Gasteiger partial charge is 0.408 e. The number of carbonyl (C=O) groups is 17. The molecule has 0 aliphatic carbocycles. The van der Waals surface area contributed by atoms with Crippen molar-refractivity contribution in [2.24, 2.45) is 0 Å². The standard InChI is InChI=1S/C30H37ClIN3O9.C19H24ClFN2O7.2C19H24FIN2O7/c1-2-7-23(28(38)39)35-30(42)44-24(29(40)41)8-3-4-15-34-27(37)22-14-11-20(31)18-25(22)43-17-6-5-16-33-26(36)19-9-12-21(32)13-10-19;1-2-5-14(17(25)26)23-19(29)30-15(18(27)28)6-3-4-9-22-16(24)12-8-7-11(20)10-13(12)21;1-11(5-8-16(24)25)23-19(29)30-15(18(27)28)4-2-3-9-22-17(26)13-7-6-12(21)10-14(13)20;1-2-5-14(17(25)26)23-19(29)30-15(18(27)28)6-3-4-9-22-16(24)12-8-7-11(21)10-13(12)20/h9-14,18,23-24H,2-8,15-17H2,1H3,(H,33,36)(H,34,37)(H,35,42)(H,38,39)(H,40,41);7-8,10,14-15H,2-6,9H2,1H3,(H,22,24)(H,23,29)(H,25,26)(H,27,28);6-7,10-11,15H,2-5,8-9H2,1H3,(H,22,26)(H,23,29)(H,24,25)(H,27,28);7-8,10,14-15H,2-6,9H2,1H3,(H,22,24)(H,23,29)(H,25,26)(H,27,28)/t23-,24-;14-,15-;11-,15+;14-,15-/m0010/s1. The highest BCUT2D eigenvalue weighted by atomic mass is 127. The first-order chi connectivity index (χ1) is 63.4. The molecular formula is C87H109Cl2F3I3N9O30. The van der Waals surface area contributed by atoms with Gasteiger partial charge in [0.25, 0.3) is 29.5 Å². The largest absolute Gasteiger partial charge is 0.493 e. The molecule has 0 aliphatic rings. The number of carbonyl (C=O) groups excluding carboxylic acids is 9. The molecule has 5 aromatic rings. The molecule has 5 rings (SSSR count). The summed E-state index contributed by atoms with van der Waals surface area (Å²) in [5, 5.41) is 95.3. The van der Waals surface area contributed by atoms with E-state index in [4.69, 9.17) is 67.3 Å². The summed E-state index contributed by atoms with van der Waals surface area (Å²) in [6, 6.07) is 20.1. The number of amides is 9. The van der Waals surface area contributed by atoms with Crippen LogP contribution in [-0.2, 0) is 57.3 Å². The second-order valence-electron chi connectivity index (χ2n) is 29.2. The van der Waals surface area contributed by atoms with Gasteiger partial charge in [0.1, 0.15) is 41.3 Å². The van der Waals surface area contributed by atoms with Crippen molar-refractivity contribution in [1.82, 2.24) is 47.9 Å². The molecule has 738 valence electrons. The third-order valence-corrected chi connectivity index (χ3v) is 20.9. The van der Waals surface area contributed by atoms with E-state index in [-0.39, 0.29) is 124 Å². The van der Waals surface area contributed by atoms with Crippen molar-refractivity contribution in [3.05, 3.63) is 163 Å². The minimum atomic E-state index is -1.47. The van der Waals surface area contributed by atoms with Crippen LogP contribution >= 0.6 is 91.0 Å². The molecule has 0 aliphatic heterocycles. The number of rotatable bonds is 55. The average molecular weight is 2270 g/mol. The Labute approximate surface area is 819 Å². The SMILES string of the molecule is CCC[C@H](NC(=O)O[C@@H](CCCCNC(=O)c1ccc(Cl)cc1F)C(=O)O)C(=O)O.CCC[C@H](NC(=O)O[C@@H](CCCCNC(=O)c1ccc(Cl)cc1OCCCCNC(=O)c1ccc(I)cc1)C(=O)O)C(=O)O.CCC[C@H](NC(=O)O[C@@H](CCCCNC(=O)c1ccc(I)cc1F)C(=O)O)C(=O)O.C[C@H](CCC(=O)O)NC(=O)O[C@@H](CCCCNC(=O)c1ccc(I)cc1F)C(=O)O. The van der Waals surface area contributed by atoms with Crippen LogP contribution in [-0.4, -0.2) is 230 Å². The average Bonchev–Trinajstić information content (AvgIpc) is 0.859. The molecule has 0 spiro atoms. The van der Waals surface area contributed by atoms with Gasteiger partial charge in [0.2, 0.25) is 24.4 Å². The van der Waals surface area contributed by atoms with E-state index in [2.05, 4.69) is 70.4 Å². The first-order valence-electron chi connectivity index (χ1n) is 42.1. The quantitative estimate of drug-likeness (QED) is 0.00976. The molecule has 5 aromatic carbocycles. The van der Waals surface area contributed by atoms with E-state index < -0.39 is 162 Å². The second-order valence-corrected chi connectivity index (χ2v) is 33.8. The Morgan fingerprint density at radius 3 is 0.940 bits per heavy atom. The van der Waals surface area contributed by atoms with Gasteiger partial charge in [0, 0.05) is 71.5 Å². The molecule has 0 unspecified atom stereocenters. The van der Waals surface area contributed by atoms with E-state index in [0.717, 1.165) is 9.64 Å². The highest BCUT2D eigenvalue weighted by Crippen LogP contribution is 2.25. The Morgan fingerprint density at radius 2 is 0.627 bits per heavy atom. The summed E-state index contributed by atoms with van der Waals surface area (Å²) in [5.41, 5.74) is 0.551. The third-order valence-electron chi connectivity index (χ3n) is 18.4. The second kappa shape index (κ2) is 66.1. The van der Waals surface area contributed by atoms with E-state index in [0.29, 0.717) is 114 Å². The van der Waals surface area contributed by atoms with Gasteiger partial charge < -0.3 is 112 Å². The number of hydrogen-bond donors (Lipinski definition) is 17. The number of hydrogen-bond acceptors (Lipinski definition) is 22. The monoisotopic (exact) mass is 2270 g/mol. The zero-order chi connectivity index (χ0) is 101. The molecule has 0 saturated carbocycles. The zero-order valence-electron chi connectivity index (χ0n) is 73.2. The lowest BCUT2D eigenvalue weighted by Crippen LogP contribution is -2.43. The molecule has 0 radical (unpaired) electrons. The maximum absolute atomic E-state index is 13.8. The number of carboxylic acids is 8. The Morgan fingerprint density at radius 1 is 0.336 bits per heavy atom. The lowest BCUT2D eigenvalue weighted by atomic mass is 10.1. The van der Waals surface area contributed by atoms with Crippen molar-refractivity contribution in [1.29, 1.82) is 0 Å². The summed E-state index contributed by atoms with van der Waals surface area (Å²) in [5.74, 6) is -14.2. The van der Waals surface area contributed by atoms with Crippen molar-refractivity contribution >= 4 is 193 Å². The fourth-order valence-electron chi connectivity index (χ4n) is 11.4. The summed E-state index contributed by atoms with van der Waals surface area (Å²) in [4.78, 5) is 197. The molecule has 0 heterocycles. The van der Waals surface area contributed by atoms with Gasteiger partial charge in [-0.1, -0.05) is 63.2 Å². The lowest BCUT2D eigenvalue weighted by Gasteiger charge is -2.17. The molecule has 0 saturated heterocycles. The number of nitrogens with one attached hydrogen (secondary N) is 9. The van der Waals surface area contributed by atoms with Crippen LogP contribution in [0.2, 0.25) is 10.0 Å². The van der Waals surface area contributed by atoms with Gasteiger partial charge in [0.05, 0.1) is 28.9 Å². The normalized spacial score (nSPS) is 12.3. The molecule has 8 atom stereocenters. The van der Waals surface area contributed by atoms with Gasteiger partial charge in [-0.2, -0.15) is 0 Å². The van der Waals surface area contributed by atoms with E-state index in [1.54, 1.807) is 70.2 Å². The minimum absolute atomic E-state index is 0.0232. The van der Waals surface area contributed by atoms with Crippen LogP contribution in [0.1, 0.15) is 221 Å². The topological polar surface area (TPSA) is 606 Å². The van der Waals surface area contributed by atoms with Crippen LogP contribution in [0, 0.1) is 28.2 Å². The van der Waals surface area contributed by atoms with Crippen LogP contribution in [0.25, 0.3) is 0 Å². The van der Waals surface area contributed by atoms with Gasteiger partial charge in [-0.25, -0.2) is 65.9 Å². The highest BCUT2D eigenvalue weighted by molar-refractivity contribution is 14.1. The number of aliphatic carboxylic acids is 8. The van der Waals surface area contributed by atoms with Crippen LogP contribution in [0.3, 0.4) is 0 Å². The van der Waals surface area contributed by atoms with Gasteiger partial charge in [-0.15, -0.1) is 0 Å². The number of carboxylic acid groups (broad SMARTS) is 8. The molecule has 134 heavy (non-hydrogen) atoms. The summed E-state index contributed by atoms with van der Waals surface area (Å²) in [6.45, 7) is 8.34. The fourth-order valence-corrected chi connectivity index (χ4v) is 13.0. The molecule has 39 nitrogen and oxygen atoms in total. The van der Waals surface area contributed by atoms with E-state index in [1.165, 1.54) is 36.4 Å². The summed E-state index contributed by atoms with van der Waals surface area (Å²) < 4.78 is 68.8. The van der Waals surface area contributed by atoms with Crippen molar-refractivity contribution < 1.29 is 159 Å². The third kappa shape index (κ3) is 50.1. The minimum Gasteiger partial charge on any atom is -0.493 e. The van der Waals surface area contributed by atoms with Crippen molar-refractivity contribution in [3.63, 3.8) is 0 Å². The number of alkyl carbamates (subject to hydrolysis) is 4. The number of unbranched alkanes of at least 4 members (excludes halogenated alkanes) is 5. The van der Waals surface area contributed by atoms with E-state index >= 15 is 0 Å². The van der Waals surface area contributed by atoms with E-state index in [9.17, 15) is 115 Å². The van der Waals surface area contributed by atoms with Gasteiger partial charge in [-0.3, -0.25) is 28.8 Å². The highest BCUT2D eigenvalue weighted by Gasteiger charge is 2.31. The number of halogens is 8. The first kappa shape index (κ1) is 119. The van der Waals surface area contributed by atoms with Crippen LogP contribution in [0.4, 0.5) is 32.3 Å². The first-order valence-corrected chi connectivity index (χ1v) is 46.1. The predicted octanol–water partition coefficient (Wildman–Crippen LogP) is 13.2. The molecule has 17 N–H and O–H groups in total. The zero-order valence-corrected chi connectivity index (χ0v) is 81.2. The molecule has 9 amide bonds. The number of benzene rings is 5. The van der Waals surface area contributed by atoms with Crippen LogP contribution in [0.15, 0.2) is 97.1 Å². The predicted molar refractivity (Wildman–Crippen MR) is 502 cm³/mol. The fraction of sp³-hybridized carbons (Fsp3) is 0.460. The van der Waals surface area contributed by atoms with Gasteiger partial charge in [0.15, 0.2) is 0 Å². The maximum atomic E-state index is 13.8. The molecule has 47 heteroatoms. The van der Waals surface area contributed by atoms with Crippen LogP contribution < -0.4 is 52.6 Å².